The molecule has 0 aromatic carbocycles. The van der Waals surface area contributed by atoms with Crippen molar-refractivity contribution in [2.24, 2.45) is 0 Å². The largest absolute Gasteiger partial charge is 0.509 e. The summed E-state index contributed by atoms with van der Waals surface area (Å²) in [6, 6.07) is 1.69. The van der Waals surface area contributed by atoms with Crippen LogP contribution in [0.1, 0.15) is 32.3 Å². The number of urea groups is 1. The van der Waals surface area contributed by atoms with Gasteiger partial charge in [0.2, 0.25) is 5.95 Å². The molecule has 0 bridgehead atoms. The molecule has 0 unspecified atom stereocenters. The molecule has 1 saturated heterocycles. The fourth-order valence-corrected chi connectivity index (χ4v) is 3.93. The summed E-state index contributed by atoms with van der Waals surface area (Å²) < 4.78 is 18.7. The third kappa shape index (κ3) is 4.85. The molecule has 0 spiro atoms. The van der Waals surface area contributed by atoms with Gasteiger partial charge in [0, 0.05) is 24.4 Å². The zero-order chi connectivity index (χ0) is 24.9. The van der Waals surface area contributed by atoms with Crippen LogP contribution in [0, 0.1) is 5.95 Å². The maximum absolute atomic E-state index is 13.5. The van der Waals surface area contributed by atoms with Crippen LogP contribution in [0.4, 0.5) is 9.18 Å². The molecule has 180 valence electrons. The molecule has 3 N–H and O–H groups in total. The van der Waals surface area contributed by atoms with E-state index in [-0.39, 0.29) is 24.6 Å². The lowest BCUT2D eigenvalue weighted by Gasteiger charge is -2.30. The zero-order valence-electron chi connectivity index (χ0n) is 19.2. The summed E-state index contributed by atoms with van der Waals surface area (Å²) in [5, 5.41) is 15.4. The van der Waals surface area contributed by atoms with Crippen LogP contribution in [-0.2, 0) is 14.3 Å². The third-order valence-electron chi connectivity index (χ3n) is 5.56. The van der Waals surface area contributed by atoms with Gasteiger partial charge in [-0.1, -0.05) is 19.9 Å². The Balaban J connectivity index is 0.00000158. The van der Waals surface area contributed by atoms with Gasteiger partial charge < -0.3 is 20.1 Å². The molecular weight excluding hydrogens is 443 g/mol. The average molecular weight is 471 g/mol. The van der Waals surface area contributed by atoms with Crippen molar-refractivity contribution in [3.05, 3.63) is 70.7 Å². The first-order valence-corrected chi connectivity index (χ1v) is 10.9. The van der Waals surface area contributed by atoms with Gasteiger partial charge in [-0.15, -0.1) is 0 Å². The Morgan fingerprint density at radius 1 is 1.35 bits per heavy atom. The number of nitrogens with one attached hydrogen (secondary N) is 2. The number of imide groups is 1. The van der Waals surface area contributed by atoms with Crippen molar-refractivity contribution in [2.45, 2.75) is 32.2 Å². The summed E-state index contributed by atoms with van der Waals surface area (Å²) >= 11 is 0. The standard InChI is InChI=1S/C22H21FN4O5.C2H6/c1-32-15-5-3-2-4-14-11-27(19(29)16(14)10-15)12-22(20(30)25-21(31)26-22)17(28)8-13-6-7-24-18(23)9-13;1-2/h3,5-10,28H,2,4,11-12H2,1H3,(H2,25,26,30,31);1-2H3/b5-3-,15-10+,17-8-;/t22-;/m0./s1. The molecule has 9 nitrogen and oxygen atoms in total. The van der Waals surface area contributed by atoms with E-state index >= 15 is 0 Å². The first-order chi connectivity index (χ1) is 16.3. The molecule has 1 atom stereocenters. The number of hydrogen-bond acceptors (Lipinski definition) is 6. The van der Waals surface area contributed by atoms with Crippen molar-refractivity contribution in [2.75, 3.05) is 20.2 Å². The molecule has 1 aromatic heterocycles. The van der Waals surface area contributed by atoms with Crippen molar-refractivity contribution in [1.82, 2.24) is 20.5 Å². The smallest absolute Gasteiger partial charge is 0.322 e. The number of methoxy groups -OCH3 is 1. The molecule has 4 rings (SSSR count). The van der Waals surface area contributed by atoms with Crippen LogP contribution < -0.4 is 10.6 Å². The van der Waals surface area contributed by atoms with E-state index in [1.54, 1.807) is 12.2 Å². The van der Waals surface area contributed by atoms with Gasteiger partial charge in [0.25, 0.3) is 11.8 Å². The molecule has 3 aliphatic rings. The fourth-order valence-electron chi connectivity index (χ4n) is 3.93. The van der Waals surface area contributed by atoms with E-state index in [0.29, 0.717) is 24.2 Å². The Morgan fingerprint density at radius 3 is 2.76 bits per heavy atom. The molecule has 4 amide bonds. The lowest BCUT2D eigenvalue weighted by atomic mass is 9.94. The predicted molar refractivity (Wildman–Crippen MR) is 123 cm³/mol. The number of aliphatic hydroxyl groups is 1. The number of rotatable bonds is 5. The van der Waals surface area contributed by atoms with Crippen molar-refractivity contribution >= 4 is 23.9 Å². The molecular formula is C24H27FN4O5. The summed E-state index contributed by atoms with van der Waals surface area (Å²) in [5.74, 6) is -1.94. The number of allylic oxidation sites excluding steroid dienone is 2. The Bertz CT molecular complexity index is 1120. The average Bonchev–Trinajstić information content (AvgIpc) is 3.24. The maximum Gasteiger partial charge on any atom is 0.322 e. The topological polar surface area (TPSA) is 121 Å². The van der Waals surface area contributed by atoms with Gasteiger partial charge in [-0.2, -0.15) is 4.39 Å². The van der Waals surface area contributed by atoms with Gasteiger partial charge in [0.05, 0.1) is 13.7 Å². The number of ether oxygens (including phenoxy) is 1. The minimum atomic E-state index is -1.92. The Hall–Kier alpha value is -3.95. The lowest BCUT2D eigenvalue weighted by molar-refractivity contribution is -0.129. The zero-order valence-corrected chi connectivity index (χ0v) is 19.2. The SMILES string of the molecule is CC.COC1=C/C2=C(CC/C=C\1)CN(C[C@@]1(/C(O)=C/c3ccnc(F)c3)NC(=O)NC1=O)C2=O. The number of aromatic nitrogens is 1. The second-order valence-corrected chi connectivity index (χ2v) is 7.63. The summed E-state index contributed by atoms with van der Waals surface area (Å²) in [6.07, 6.45) is 9.09. The lowest BCUT2D eigenvalue weighted by Crippen LogP contribution is -2.57. The monoisotopic (exact) mass is 470 g/mol. The number of halogens is 1. The van der Waals surface area contributed by atoms with Crippen LogP contribution in [0.15, 0.2) is 59.2 Å². The van der Waals surface area contributed by atoms with E-state index in [4.69, 9.17) is 4.74 Å². The molecule has 34 heavy (non-hydrogen) atoms. The first-order valence-electron chi connectivity index (χ1n) is 10.9. The Labute approximate surface area is 196 Å². The number of carbonyl (C=O) groups excluding carboxylic acids is 3. The van der Waals surface area contributed by atoms with Crippen molar-refractivity contribution in [3.8, 4) is 0 Å². The van der Waals surface area contributed by atoms with E-state index in [1.165, 1.54) is 24.3 Å². The summed E-state index contributed by atoms with van der Waals surface area (Å²) in [7, 11) is 1.51. The van der Waals surface area contributed by atoms with Crippen LogP contribution in [0.2, 0.25) is 0 Å². The molecule has 0 radical (unpaired) electrons. The fraction of sp³-hybridized carbons (Fsp3) is 0.333. The molecule has 1 aromatic rings. The maximum atomic E-state index is 13.5. The normalized spacial score (nSPS) is 24.7. The Kier molecular flexibility index (Phi) is 7.50. The minimum Gasteiger partial charge on any atom is -0.509 e. The highest BCUT2D eigenvalue weighted by molar-refractivity contribution is 6.10. The van der Waals surface area contributed by atoms with Crippen LogP contribution in [0.3, 0.4) is 0 Å². The number of carbonyl (C=O) groups is 3. The summed E-state index contributed by atoms with van der Waals surface area (Å²) in [6.45, 7) is 3.92. The van der Waals surface area contributed by atoms with Crippen LogP contribution in [0.5, 0.6) is 0 Å². The molecule has 2 aliphatic heterocycles. The Morgan fingerprint density at radius 2 is 2.12 bits per heavy atom. The number of pyridine rings is 1. The highest BCUT2D eigenvalue weighted by atomic mass is 19.1. The second-order valence-electron chi connectivity index (χ2n) is 7.63. The van der Waals surface area contributed by atoms with Gasteiger partial charge >= 0.3 is 6.03 Å². The van der Waals surface area contributed by atoms with E-state index in [2.05, 4.69) is 15.6 Å². The highest BCUT2D eigenvalue weighted by Crippen LogP contribution is 2.31. The van der Waals surface area contributed by atoms with E-state index in [1.807, 2.05) is 19.9 Å². The molecule has 0 saturated carbocycles. The molecule has 10 heteroatoms. The van der Waals surface area contributed by atoms with E-state index < -0.39 is 29.2 Å². The third-order valence-corrected chi connectivity index (χ3v) is 5.56. The number of nitrogens with zero attached hydrogens (tertiary/aromatic N) is 2. The predicted octanol–water partition coefficient (Wildman–Crippen LogP) is 2.74. The highest BCUT2D eigenvalue weighted by Gasteiger charge is 2.52. The summed E-state index contributed by atoms with van der Waals surface area (Å²) in [5.41, 5.74) is -0.348. The van der Waals surface area contributed by atoms with Gasteiger partial charge in [-0.3, -0.25) is 14.9 Å². The molecule has 1 aliphatic carbocycles. The van der Waals surface area contributed by atoms with Crippen LogP contribution in [-0.4, -0.2) is 58.6 Å². The minimum absolute atomic E-state index is 0.234. The van der Waals surface area contributed by atoms with Crippen molar-refractivity contribution < 1.29 is 28.6 Å². The number of aliphatic hydroxyl groups excluding tert-OH is 1. The van der Waals surface area contributed by atoms with E-state index in [0.717, 1.165) is 17.7 Å². The van der Waals surface area contributed by atoms with Gasteiger partial charge in [-0.25, -0.2) is 9.78 Å². The van der Waals surface area contributed by atoms with E-state index in [9.17, 15) is 23.9 Å². The molecule has 1 fully saturated rings. The second kappa shape index (κ2) is 10.3. The van der Waals surface area contributed by atoms with Gasteiger partial charge in [-0.05, 0) is 48.3 Å². The first kappa shape index (κ1) is 24.7. The van der Waals surface area contributed by atoms with Crippen molar-refractivity contribution in [3.63, 3.8) is 0 Å². The van der Waals surface area contributed by atoms with Crippen LogP contribution in [0.25, 0.3) is 6.08 Å². The molecule has 3 heterocycles. The quantitative estimate of drug-likeness (QED) is 0.346. The number of hydrogen-bond donors (Lipinski definition) is 3. The summed E-state index contributed by atoms with van der Waals surface area (Å²) in [4.78, 5) is 42.7. The van der Waals surface area contributed by atoms with Gasteiger partial charge in [0.15, 0.2) is 5.54 Å². The van der Waals surface area contributed by atoms with Crippen LogP contribution >= 0.6 is 0 Å². The van der Waals surface area contributed by atoms with Gasteiger partial charge in [0.1, 0.15) is 11.5 Å². The number of amides is 4. The van der Waals surface area contributed by atoms with Crippen molar-refractivity contribution in [1.29, 1.82) is 0 Å².